The number of carboxylic acids is 1. The monoisotopic (exact) mass is 436 g/mol. The van der Waals surface area contributed by atoms with Crippen LogP contribution in [0.1, 0.15) is 40.7 Å². The quantitative estimate of drug-likeness (QED) is 0.611. The number of hydrogen-bond donors (Lipinski definition) is 2. The lowest BCUT2D eigenvalue weighted by Gasteiger charge is -2.19. The average Bonchev–Trinajstić information content (AvgIpc) is 3.15. The Balaban J connectivity index is 1.32. The fourth-order valence-electron chi connectivity index (χ4n) is 4.47. The number of ether oxygens (including phenoxy) is 2. The molecular formula is C26H28O6. The fourth-order valence-corrected chi connectivity index (χ4v) is 4.47. The molecule has 4 rings (SSSR count). The molecule has 2 aromatic rings. The van der Waals surface area contributed by atoms with Crippen LogP contribution in [0.15, 0.2) is 54.6 Å². The number of carbonyl (C=O) groups is 2. The number of allylic oxidation sites excluding steroid dienone is 1. The molecule has 32 heavy (non-hydrogen) atoms. The van der Waals surface area contributed by atoms with E-state index in [0.717, 1.165) is 36.1 Å². The van der Waals surface area contributed by atoms with Gasteiger partial charge >= 0.3 is 5.97 Å². The molecule has 1 saturated carbocycles. The second kappa shape index (κ2) is 10.0. The topological polar surface area (TPSA) is 93.1 Å². The molecule has 2 aliphatic rings. The van der Waals surface area contributed by atoms with Crippen LogP contribution in [0, 0.1) is 11.8 Å². The van der Waals surface area contributed by atoms with E-state index in [1.54, 1.807) is 18.2 Å². The number of aliphatic hydroxyl groups is 1. The standard InChI is InChI=1S/C26H28O6/c27-21(15-18-4-12-24-25(16-18)32-14-13-31-24)9-7-19-8-11-23(28)22(19)10-3-17-1-5-20(6-2-17)26(29)30/h1-2,4-7,9,12,16,19,21-22,27H,3,8,10-11,13-15H2,(H,29,30)/b9-7+/t19?,21?,22-/m1/s1. The average molecular weight is 437 g/mol. The lowest BCUT2D eigenvalue weighted by molar-refractivity contribution is -0.121. The second-order valence-corrected chi connectivity index (χ2v) is 8.45. The molecule has 1 fully saturated rings. The molecule has 2 aromatic carbocycles. The first kappa shape index (κ1) is 22.1. The van der Waals surface area contributed by atoms with Gasteiger partial charge in [0.15, 0.2) is 11.5 Å². The molecule has 0 bridgehead atoms. The van der Waals surface area contributed by atoms with E-state index in [4.69, 9.17) is 14.6 Å². The number of Topliss-reactive ketones (excluding diaryl/α,β-unsaturated/α-hetero) is 1. The van der Waals surface area contributed by atoms with Crippen LogP contribution in [-0.2, 0) is 17.6 Å². The van der Waals surface area contributed by atoms with Gasteiger partial charge in [-0.2, -0.15) is 0 Å². The van der Waals surface area contributed by atoms with Gasteiger partial charge in [-0.25, -0.2) is 4.79 Å². The van der Waals surface area contributed by atoms with Crippen LogP contribution in [0.2, 0.25) is 0 Å². The molecule has 2 N–H and O–H groups in total. The van der Waals surface area contributed by atoms with Gasteiger partial charge in [0.05, 0.1) is 11.7 Å². The van der Waals surface area contributed by atoms with E-state index in [1.165, 1.54) is 0 Å². The molecule has 0 saturated heterocycles. The van der Waals surface area contributed by atoms with Gasteiger partial charge in [-0.1, -0.05) is 30.4 Å². The summed E-state index contributed by atoms with van der Waals surface area (Å²) in [7, 11) is 0. The van der Waals surface area contributed by atoms with Crippen LogP contribution in [0.5, 0.6) is 11.5 Å². The van der Waals surface area contributed by atoms with Gasteiger partial charge in [0.25, 0.3) is 0 Å². The number of aryl methyl sites for hydroxylation is 1. The van der Waals surface area contributed by atoms with E-state index in [2.05, 4.69) is 0 Å². The Morgan fingerprint density at radius 3 is 2.53 bits per heavy atom. The molecule has 168 valence electrons. The van der Waals surface area contributed by atoms with Crippen LogP contribution >= 0.6 is 0 Å². The highest BCUT2D eigenvalue weighted by atomic mass is 16.6. The van der Waals surface area contributed by atoms with Crippen LogP contribution in [0.3, 0.4) is 0 Å². The number of rotatable bonds is 8. The third kappa shape index (κ3) is 5.37. The van der Waals surface area contributed by atoms with Crippen molar-refractivity contribution >= 4 is 11.8 Å². The van der Waals surface area contributed by atoms with Gasteiger partial charge in [-0.05, 0) is 60.6 Å². The van der Waals surface area contributed by atoms with Crippen molar-refractivity contribution in [3.63, 3.8) is 0 Å². The van der Waals surface area contributed by atoms with Crippen molar-refractivity contribution in [2.75, 3.05) is 13.2 Å². The van der Waals surface area contributed by atoms with E-state index in [-0.39, 0.29) is 23.2 Å². The minimum Gasteiger partial charge on any atom is -0.486 e. The summed E-state index contributed by atoms with van der Waals surface area (Å²) in [6.45, 7) is 1.08. The zero-order valence-electron chi connectivity index (χ0n) is 17.9. The molecule has 0 radical (unpaired) electrons. The van der Waals surface area contributed by atoms with Crippen LogP contribution in [-0.4, -0.2) is 41.3 Å². The number of aromatic carboxylic acids is 1. The minimum absolute atomic E-state index is 0.0631. The van der Waals surface area contributed by atoms with E-state index in [9.17, 15) is 14.7 Å². The van der Waals surface area contributed by atoms with Gasteiger partial charge < -0.3 is 19.7 Å². The maximum Gasteiger partial charge on any atom is 0.335 e. The Morgan fingerprint density at radius 2 is 1.78 bits per heavy atom. The molecule has 0 aromatic heterocycles. The van der Waals surface area contributed by atoms with Crippen LogP contribution in [0.4, 0.5) is 0 Å². The highest BCUT2D eigenvalue weighted by molar-refractivity contribution is 5.87. The fraction of sp³-hybridized carbons (Fsp3) is 0.385. The zero-order chi connectivity index (χ0) is 22.5. The van der Waals surface area contributed by atoms with Crippen molar-refractivity contribution in [2.45, 2.75) is 38.2 Å². The smallest absolute Gasteiger partial charge is 0.335 e. The molecule has 6 heteroatoms. The normalized spacial score (nSPS) is 21.1. The maximum atomic E-state index is 12.4. The zero-order valence-corrected chi connectivity index (χ0v) is 17.9. The summed E-state index contributed by atoms with van der Waals surface area (Å²) in [6.07, 6.45) is 6.43. The number of benzene rings is 2. The Morgan fingerprint density at radius 1 is 1.06 bits per heavy atom. The Hall–Kier alpha value is -3.12. The molecule has 1 heterocycles. The van der Waals surface area contributed by atoms with Crippen molar-refractivity contribution in [2.24, 2.45) is 11.8 Å². The van der Waals surface area contributed by atoms with Crippen molar-refractivity contribution in [3.8, 4) is 11.5 Å². The number of hydrogen-bond acceptors (Lipinski definition) is 5. The van der Waals surface area contributed by atoms with Gasteiger partial charge in [0.2, 0.25) is 0 Å². The number of carboxylic acid groups (broad SMARTS) is 1. The Labute approximate surface area is 187 Å². The molecule has 6 nitrogen and oxygen atoms in total. The number of ketones is 1. The van der Waals surface area contributed by atoms with E-state index < -0.39 is 12.1 Å². The van der Waals surface area contributed by atoms with Crippen molar-refractivity contribution < 1.29 is 29.3 Å². The first-order valence-electron chi connectivity index (χ1n) is 11.1. The van der Waals surface area contributed by atoms with Gasteiger partial charge in [0.1, 0.15) is 19.0 Å². The van der Waals surface area contributed by atoms with Crippen molar-refractivity contribution in [3.05, 3.63) is 71.3 Å². The summed E-state index contributed by atoms with van der Waals surface area (Å²) in [5.41, 5.74) is 2.25. The first-order chi connectivity index (χ1) is 15.5. The molecule has 0 spiro atoms. The van der Waals surface area contributed by atoms with E-state index in [1.807, 2.05) is 36.4 Å². The summed E-state index contributed by atoms with van der Waals surface area (Å²) in [6, 6.07) is 12.5. The molecule has 0 amide bonds. The summed E-state index contributed by atoms with van der Waals surface area (Å²) >= 11 is 0. The third-order valence-electron chi connectivity index (χ3n) is 6.23. The minimum atomic E-state index is -0.942. The number of fused-ring (bicyclic) bond motifs is 1. The van der Waals surface area contributed by atoms with Crippen molar-refractivity contribution in [1.29, 1.82) is 0 Å². The summed E-state index contributed by atoms with van der Waals surface area (Å²) < 4.78 is 11.1. The predicted molar refractivity (Wildman–Crippen MR) is 119 cm³/mol. The summed E-state index contributed by atoms with van der Waals surface area (Å²) in [5.74, 6) is 0.825. The predicted octanol–water partition coefficient (Wildman–Crippen LogP) is 3.84. The number of carbonyl (C=O) groups excluding carboxylic acids is 1. The van der Waals surface area contributed by atoms with Crippen molar-refractivity contribution in [1.82, 2.24) is 0 Å². The van der Waals surface area contributed by atoms with E-state index in [0.29, 0.717) is 31.8 Å². The summed E-state index contributed by atoms with van der Waals surface area (Å²) in [4.78, 5) is 23.4. The van der Waals surface area contributed by atoms with Crippen LogP contribution in [0.25, 0.3) is 0 Å². The molecular weight excluding hydrogens is 408 g/mol. The van der Waals surface area contributed by atoms with Gasteiger partial charge in [0, 0.05) is 18.8 Å². The third-order valence-corrected chi connectivity index (χ3v) is 6.23. The second-order valence-electron chi connectivity index (χ2n) is 8.45. The number of aliphatic hydroxyl groups excluding tert-OH is 1. The largest absolute Gasteiger partial charge is 0.486 e. The first-order valence-corrected chi connectivity index (χ1v) is 11.1. The Bertz CT molecular complexity index is 994. The lowest BCUT2D eigenvalue weighted by atomic mass is 9.88. The van der Waals surface area contributed by atoms with Crippen LogP contribution < -0.4 is 9.47 Å². The molecule has 3 atom stereocenters. The highest BCUT2D eigenvalue weighted by Crippen LogP contribution is 2.34. The SMILES string of the molecule is O=C(O)c1ccc(CC[C@H]2C(=O)CCC2/C=C/C(O)Cc2ccc3c(c2)OCCO3)cc1. The van der Waals surface area contributed by atoms with Gasteiger partial charge in [-0.3, -0.25) is 4.79 Å². The summed E-state index contributed by atoms with van der Waals surface area (Å²) in [5, 5.41) is 19.5. The molecule has 1 aliphatic heterocycles. The molecule has 1 aliphatic carbocycles. The van der Waals surface area contributed by atoms with E-state index >= 15 is 0 Å². The molecule has 2 unspecified atom stereocenters. The van der Waals surface area contributed by atoms with Gasteiger partial charge in [-0.15, -0.1) is 0 Å². The maximum absolute atomic E-state index is 12.4. The Kier molecular flexibility index (Phi) is 6.90. The highest BCUT2D eigenvalue weighted by Gasteiger charge is 2.32. The lowest BCUT2D eigenvalue weighted by Crippen LogP contribution is -2.16.